The molecule has 5 nitrogen and oxygen atoms in total. The normalized spacial score (nSPS) is 16.4. The quantitative estimate of drug-likeness (QED) is 0.366. The maximum absolute atomic E-state index is 13.3. The topological polar surface area (TPSA) is 55.2 Å². The predicted octanol–water partition coefficient (Wildman–Crippen LogP) is 4.51. The molecule has 0 saturated heterocycles. The van der Waals surface area contributed by atoms with Gasteiger partial charge in [-0.2, -0.15) is 0 Å². The van der Waals surface area contributed by atoms with E-state index in [1.165, 1.54) is 22.2 Å². The second kappa shape index (κ2) is 9.04. The van der Waals surface area contributed by atoms with E-state index in [9.17, 15) is 9.59 Å². The molecule has 0 N–H and O–H groups in total. The number of aryl methyl sites for hydroxylation is 1. The van der Waals surface area contributed by atoms with Gasteiger partial charge in [-0.3, -0.25) is 14.2 Å². The first-order valence-electron chi connectivity index (χ1n) is 10.3. The highest BCUT2D eigenvalue weighted by Crippen LogP contribution is 2.36. The van der Waals surface area contributed by atoms with E-state index in [1.54, 1.807) is 22.0 Å². The van der Waals surface area contributed by atoms with Crippen LogP contribution in [-0.4, -0.2) is 38.2 Å². The molecule has 0 aromatic carbocycles. The molecule has 1 aliphatic rings. The molecule has 7 heteroatoms. The molecule has 3 rings (SSSR count). The third-order valence-electron chi connectivity index (χ3n) is 5.42. The number of carbonyl (C=O) groups excluding carboxylic acids is 1. The third kappa shape index (κ3) is 4.45. The lowest BCUT2D eigenvalue weighted by molar-refractivity contribution is -0.131. The van der Waals surface area contributed by atoms with E-state index in [2.05, 4.69) is 13.5 Å². The second-order valence-corrected chi connectivity index (χ2v) is 10.4. The molecule has 1 amide bonds. The lowest BCUT2D eigenvalue weighted by atomic mass is 9.89. The molecule has 0 aliphatic heterocycles. The molecule has 1 unspecified atom stereocenters. The molecular formula is C22H31N3O2S2. The summed E-state index contributed by atoms with van der Waals surface area (Å²) < 4.78 is 1.67. The van der Waals surface area contributed by atoms with Crippen molar-refractivity contribution in [1.82, 2.24) is 14.5 Å². The van der Waals surface area contributed by atoms with Crippen molar-refractivity contribution in [3.8, 4) is 0 Å². The second-order valence-electron chi connectivity index (χ2n) is 8.41. The van der Waals surface area contributed by atoms with Gasteiger partial charge in [-0.1, -0.05) is 24.8 Å². The highest BCUT2D eigenvalue weighted by molar-refractivity contribution is 7.99. The first-order chi connectivity index (χ1) is 13.7. The number of allylic oxidation sites excluding steroid dienone is 1. The van der Waals surface area contributed by atoms with Gasteiger partial charge in [0.05, 0.1) is 11.1 Å². The molecule has 1 aliphatic carbocycles. The summed E-state index contributed by atoms with van der Waals surface area (Å²) in [5.74, 6) is 0.988. The summed E-state index contributed by atoms with van der Waals surface area (Å²) in [5.41, 5.74) is 1.19. The van der Waals surface area contributed by atoms with Crippen molar-refractivity contribution < 1.29 is 4.79 Å². The molecule has 158 valence electrons. The molecule has 0 saturated carbocycles. The molecular weight excluding hydrogens is 402 g/mol. The Labute approximate surface area is 181 Å². The number of aromatic nitrogens is 2. The summed E-state index contributed by atoms with van der Waals surface area (Å²) in [6, 6.07) is 0.278. The maximum atomic E-state index is 13.3. The number of thioether (sulfide) groups is 1. The number of nitrogens with zero attached hydrogens (tertiary/aromatic N) is 3. The number of fused-ring (bicyclic) bond motifs is 3. The Morgan fingerprint density at radius 1 is 1.38 bits per heavy atom. The Kier molecular flexibility index (Phi) is 6.89. The Morgan fingerprint density at radius 2 is 2.07 bits per heavy atom. The number of hydrogen-bond donors (Lipinski definition) is 0. The minimum atomic E-state index is 0.00137. The lowest BCUT2D eigenvalue weighted by Crippen LogP contribution is -2.43. The van der Waals surface area contributed by atoms with E-state index in [0.717, 1.165) is 29.5 Å². The summed E-state index contributed by atoms with van der Waals surface area (Å²) in [5, 5.41) is 1.38. The average molecular weight is 434 g/mol. The van der Waals surface area contributed by atoms with Crippen molar-refractivity contribution in [3.63, 3.8) is 0 Å². The summed E-state index contributed by atoms with van der Waals surface area (Å²) in [7, 11) is 0. The zero-order chi connectivity index (χ0) is 21.3. The van der Waals surface area contributed by atoms with Crippen LogP contribution in [0, 0.1) is 5.92 Å². The number of carbonyl (C=O) groups is 1. The van der Waals surface area contributed by atoms with Crippen molar-refractivity contribution in [3.05, 3.63) is 33.4 Å². The molecule has 1 atom stereocenters. The Morgan fingerprint density at radius 3 is 2.69 bits per heavy atom. The van der Waals surface area contributed by atoms with Gasteiger partial charge in [-0.25, -0.2) is 4.98 Å². The average Bonchev–Trinajstić information content (AvgIpc) is 2.99. The van der Waals surface area contributed by atoms with Gasteiger partial charge in [0.15, 0.2) is 5.16 Å². The number of hydrogen-bond acceptors (Lipinski definition) is 5. The van der Waals surface area contributed by atoms with Crippen molar-refractivity contribution in [1.29, 1.82) is 0 Å². The van der Waals surface area contributed by atoms with Gasteiger partial charge >= 0.3 is 0 Å². The van der Waals surface area contributed by atoms with Gasteiger partial charge < -0.3 is 4.90 Å². The first-order valence-corrected chi connectivity index (χ1v) is 12.1. The van der Waals surface area contributed by atoms with Crippen LogP contribution >= 0.6 is 23.1 Å². The van der Waals surface area contributed by atoms with E-state index in [0.29, 0.717) is 17.6 Å². The Balaban J connectivity index is 1.97. The van der Waals surface area contributed by atoms with E-state index in [4.69, 9.17) is 4.98 Å². The van der Waals surface area contributed by atoms with Crippen LogP contribution in [-0.2, 0) is 24.2 Å². The largest absolute Gasteiger partial charge is 0.337 e. The third-order valence-corrected chi connectivity index (χ3v) is 7.53. The van der Waals surface area contributed by atoms with E-state index in [-0.39, 0.29) is 29.3 Å². The van der Waals surface area contributed by atoms with E-state index < -0.39 is 0 Å². The fourth-order valence-corrected chi connectivity index (χ4v) is 6.48. The Bertz CT molecular complexity index is 967. The van der Waals surface area contributed by atoms with Gasteiger partial charge in [0.2, 0.25) is 5.91 Å². The fraction of sp³-hybridized carbons (Fsp3) is 0.591. The molecule has 29 heavy (non-hydrogen) atoms. The van der Waals surface area contributed by atoms with Crippen LogP contribution in [0.3, 0.4) is 0 Å². The molecule has 0 spiro atoms. The summed E-state index contributed by atoms with van der Waals surface area (Å²) in [6.45, 7) is 14.6. The van der Waals surface area contributed by atoms with Gasteiger partial charge in [0, 0.05) is 23.5 Å². The van der Waals surface area contributed by atoms with Gasteiger partial charge in [-0.15, -0.1) is 17.9 Å². The summed E-state index contributed by atoms with van der Waals surface area (Å²) in [4.78, 5) is 34.9. The van der Waals surface area contributed by atoms with Gasteiger partial charge in [0.25, 0.3) is 5.56 Å². The summed E-state index contributed by atoms with van der Waals surface area (Å²) in [6.07, 6.45) is 4.81. The highest BCUT2D eigenvalue weighted by atomic mass is 32.2. The van der Waals surface area contributed by atoms with Crippen LogP contribution in [0.1, 0.15) is 51.5 Å². The zero-order valence-corrected chi connectivity index (χ0v) is 19.7. The predicted molar refractivity (Wildman–Crippen MR) is 123 cm³/mol. The SMILES string of the molecule is C=CCn1c(SCC(=O)N(C(C)C)C(C)C)nc2sc3c(c2c1=O)CCC(C)C3. The fourth-order valence-electron chi connectivity index (χ4n) is 4.18. The molecule has 2 heterocycles. The van der Waals surface area contributed by atoms with Crippen LogP contribution in [0.5, 0.6) is 0 Å². The van der Waals surface area contributed by atoms with E-state index >= 15 is 0 Å². The molecule has 0 radical (unpaired) electrons. The molecule has 0 fully saturated rings. The lowest BCUT2D eigenvalue weighted by Gasteiger charge is -2.30. The van der Waals surface area contributed by atoms with Crippen LogP contribution in [0.15, 0.2) is 22.6 Å². The van der Waals surface area contributed by atoms with Gasteiger partial charge in [-0.05, 0) is 58.4 Å². The first kappa shape index (κ1) is 22.1. The minimum Gasteiger partial charge on any atom is -0.337 e. The molecule has 2 aromatic rings. The zero-order valence-electron chi connectivity index (χ0n) is 18.0. The van der Waals surface area contributed by atoms with Gasteiger partial charge in [0.1, 0.15) is 4.83 Å². The standard InChI is InChI=1S/C22H31N3O2S2/c1-7-10-24-21(27)19-16-9-8-15(6)11-17(16)29-20(19)23-22(24)28-12-18(26)25(13(2)3)14(4)5/h7,13-15H,1,8-12H2,2-6H3. The summed E-state index contributed by atoms with van der Waals surface area (Å²) >= 11 is 3.00. The van der Waals surface area contributed by atoms with Crippen LogP contribution < -0.4 is 5.56 Å². The van der Waals surface area contributed by atoms with Crippen LogP contribution in [0.4, 0.5) is 0 Å². The molecule has 0 bridgehead atoms. The number of thiophene rings is 1. The smallest absolute Gasteiger partial charge is 0.263 e. The van der Waals surface area contributed by atoms with Crippen LogP contribution in [0.2, 0.25) is 0 Å². The van der Waals surface area contributed by atoms with Crippen molar-refractivity contribution in [2.24, 2.45) is 5.92 Å². The van der Waals surface area contributed by atoms with Crippen molar-refractivity contribution >= 4 is 39.2 Å². The highest BCUT2D eigenvalue weighted by Gasteiger charge is 2.25. The number of amides is 1. The monoisotopic (exact) mass is 433 g/mol. The molecule has 2 aromatic heterocycles. The van der Waals surface area contributed by atoms with E-state index in [1.807, 2.05) is 32.6 Å². The van der Waals surface area contributed by atoms with Crippen molar-refractivity contribution in [2.75, 3.05) is 5.75 Å². The minimum absolute atomic E-state index is 0.00137. The maximum Gasteiger partial charge on any atom is 0.263 e. The van der Waals surface area contributed by atoms with Crippen molar-refractivity contribution in [2.45, 2.75) is 77.7 Å². The van der Waals surface area contributed by atoms with Crippen LogP contribution in [0.25, 0.3) is 10.2 Å². The Hall–Kier alpha value is -1.60. The number of rotatable bonds is 7.